The van der Waals surface area contributed by atoms with Gasteiger partial charge in [-0.05, 0) is 46.2 Å². The number of fused-ring (bicyclic) bond motifs is 2. The van der Waals surface area contributed by atoms with Crippen molar-refractivity contribution in [3.05, 3.63) is 47.5 Å². The van der Waals surface area contributed by atoms with E-state index in [0.29, 0.717) is 0 Å². The van der Waals surface area contributed by atoms with Crippen LogP contribution in [0.3, 0.4) is 0 Å². The van der Waals surface area contributed by atoms with Crippen molar-refractivity contribution in [2.45, 2.75) is 52.4 Å². The maximum atomic E-state index is 6.12. The van der Waals surface area contributed by atoms with Crippen molar-refractivity contribution in [2.24, 2.45) is 0 Å². The first kappa shape index (κ1) is 15.0. The average Bonchev–Trinajstić information content (AvgIpc) is 2.41. The zero-order valence-electron chi connectivity index (χ0n) is 14.3. The van der Waals surface area contributed by atoms with Gasteiger partial charge in [-0.15, -0.1) is 0 Å². The van der Waals surface area contributed by atoms with Crippen molar-refractivity contribution >= 4 is 0 Å². The molecule has 2 aromatic rings. The molecule has 0 spiro atoms. The highest BCUT2D eigenvalue weighted by Gasteiger charge is 2.24. The highest BCUT2D eigenvalue weighted by molar-refractivity contribution is 5.57. The summed E-state index contributed by atoms with van der Waals surface area (Å²) in [6, 6.07) is 12.4. The van der Waals surface area contributed by atoms with Crippen molar-refractivity contribution in [3.8, 4) is 23.0 Å². The Bertz CT molecular complexity index is 654. The summed E-state index contributed by atoms with van der Waals surface area (Å²) in [6.45, 7) is 13.2. The van der Waals surface area contributed by atoms with Crippen molar-refractivity contribution < 1.29 is 9.47 Å². The summed E-state index contributed by atoms with van der Waals surface area (Å²) >= 11 is 0. The summed E-state index contributed by atoms with van der Waals surface area (Å²) in [4.78, 5) is 0. The van der Waals surface area contributed by atoms with Gasteiger partial charge in [0.2, 0.25) is 0 Å². The van der Waals surface area contributed by atoms with Crippen molar-refractivity contribution in [1.29, 1.82) is 0 Å². The van der Waals surface area contributed by atoms with Crippen LogP contribution in [-0.2, 0) is 10.8 Å². The lowest BCUT2D eigenvalue weighted by atomic mass is 9.86. The molecule has 0 atom stereocenters. The summed E-state index contributed by atoms with van der Waals surface area (Å²) in [7, 11) is 0. The van der Waals surface area contributed by atoms with Crippen molar-refractivity contribution in [2.75, 3.05) is 0 Å². The maximum absolute atomic E-state index is 6.12. The highest BCUT2D eigenvalue weighted by Crippen LogP contribution is 2.47. The smallest absolute Gasteiger partial charge is 0.170 e. The highest BCUT2D eigenvalue weighted by atomic mass is 16.6. The molecule has 2 heteroatoms. The molecule has 2 aromatic carbocycles. The molecule has 1 heterocycles. The summed E-state index contributed by atoms with van der Waals surface area (Å²) in [5, 5.41) is 0. The molecular weight excluding hydrogens is 272 g/mol. The third kappa shape index (κ3) is 2.70. The first-order chi connectivity index (χ1) is 10.1. The molecule has 0 saturated carbocycles. The fourth-order valence-electron chi connectivity index (χ4n) is 2.51. The lowest BCUT2D eigenvalue weighted by Gasteiger charge is -2.26. The van der Waals surface area contributed by atoms with Gasteiger partial charge in [-0.3, -0.25) is 0 Å². The number of hydrogen-bond acceptors (Lipinski definition) is 2. The first-order valence-electron chi connectivity index (χ1n) is 7.79. The van der Waals surface area contributed by atoms with E-state index in [1.807, 2.05) is 12.1 Å². The van der Waals surface area contributed by atoms with Crippen LogP contribution in [-0.4, -0.2) is 0 Å². The maximum Gasteiger partial charge on any atom is 0.170 e. The standard InChI is InChI=1S/C20H24O2/c1-19(2,3)13-7-9-15-17(11-13)22-18-12-14(20(4,5)6)8-10-16(18)21-15/h7-12H,1-6H3. The van der Waals surface area contributed by atoms with E-state index in [0.717, 1.165) is 23.0 Å². The number of hydrogen-bond donors (Lipinski definition) is 0. The van der Waals surface area contributed by atoms with E-state index in [4.69, 9.17) is 9.47 Å². The largest absolute Gasteiger partial charge is 0.450 e. The van der Waals surface area contributed by atoms with E-state index < -0.39 is 0 Å². The second-order valence-electron chi connectivity index (χ2n) is 8.03. The molecule has 0 fully saturated rings. The van der Waals surface area contributed by atoms with Gasteiger partial charge in [0.05, 0.1) is 0 Å². The van der Waals surface area contributed by atoms with Gasteiger partial charge in [0.1, 0.15) is 0 Å². The van der Waals surface area contributed by atoms with Crippen LogP contribution in [0, 0.1) is 0 Å². The molecule has 0 aromatic heterocycles. The zero-order chi connectivity index (χ0) is 16.1. The lowest BCUT2D eigenvalue weighted by Crippen LogP contribution is -2.13. The summed E-state index contributed by atoms with van der Waals surface area (Å²) in [5.41, 5.74) is 2.66. The molecule has 0 N–H and O–H groups in total. The second-order valence-corrected chi connectivity index (χ2v) is 8.03. The van der Waals surface area contributed by atoms with Crippen LogP contribution in [0.2, 0.25) is 0 Å². The van der Waals surface area contributed by atoms with E-state index in [-0.39, 0.29) is 10.8 Å². The predicted octanol–water partition coefficient (Wildman–Crippen LogP) is 6.18. The minimum absolute atomic E-state index is 0.0892. The van der Waals surface area contributed by atoms with Crippen LogP contribution in [0.25, 0.3) is 0 Å². The minimum Gasteiger partial charge on any atom is -0.450 e. The monoisotopic (exact) mass is 296 g/mol. The Morgan fingerprint density at radius 3 is 1.27 bits per heavy atom. The van der Waals surface area contributed by atoms with E-state index >= 15 is 0 Å². The summed E-state index contributed by atoms with van der Waals surface area (Å²) in [5.74, 6) is 3.16. The number of rotatable bonds is 0. The quantitative estimate of drug-likeness (QED) is 0.493. The Hall–Kier alpha value is -1.96. The van der Waals surface area contributed by atoms with Gasteiger partial charge in [0.15, 0.2) is 23.0 Å². The Balaban J connectivity index is 2.00. The van der Waals surface area contributed by atoms with Crippen LogP contribution in [0.15, 0.2) is 36.4 Å². The lowest BCUT2D eigenvalue weighted by molar-refractivity contribution is 0.356. The Kier molecular flexibility index (Phi) is 3.24. The molecule has 0 unspecified atom stereocenters. The molecule has 2 nitrogen and oxygen atoms in total. The normalized spacial score (nSPS) is 13.7. The third-order valence-electron chi connectivity index (χ3n) is 4.06. The minimum atomic E-state index is 0.0892. The van der Waals surface area contributed by atoms with E-state index in [9.17, 15) is 0 Å². The van der Waals surface area contributed by atoms with Gasteiger partial charge in [0.25, 0.3) is 0 Å². The molecule has 0 saturated heterocycles. The number of benzene rings is 2. The van der Waals surface area contributed by atoms with Crippen LogP contribution >= 0.6 is 0 Å². The van der Waals surface area contributed by atoms with E-state index in [1.165, 1.54) is 11.1 Å². The Labute approximate surface area is 133 Å². The molecular formula is C20H24O2. The molecule has 1 aliphatic heterocycles. The van der Waals surface area contributed by atoms with E-state index in [2.05, 4.69) is 65.8 Å². The second kappa shape index (κ2) is 4.77. The first-order valence-corrected chi connectivity index (χ1v) is 7.79. The molecule has 3 rings (SSSR count). The average molecular weight is 296 g/mol. The molecule has 0 radical (unpaired) electrons. The molecule has 0 amide bonds. The van der Waals surface area contributed by atoms with Gasteiger partial charge in [-0.25, -0.2) is 0 Å². The van der Waals surface area contributed by atoms with Gasteiger partial charge in [-0.1, -0.05) is 53.7 Å². The van der Waals surface area contributed by atoms with Crippen LogP contribution in [0.5, 0.6) is 23.0 Å². The van der Waals surface area contributed by atoms with Crippen LogP contribution < -0.4 is 9.47 Å². The van der Waals surface area contributed by atoms with Crippen LogP contribution in [0.4, 0.5) is 0 Å². The third-order valence-corrected chi connectivity index (χ3v) is 4.06. The Morgan fingerprint density at radius 1 is 0.545 bits per heavy atom. The van der Waals surface area contributed by atoms with Gasteiger partial charge < -0.3 is 9.47 Å². The van der Waals surface area contributed by atoms with Gasteiger partial charge in [0, 0.05) is 0 Å². The van der Waals surface area contributed by atoms with Gasteiger partial charge >= 0.3 is 0 Å². The topological polar surface area (TPSA) is 18.5 Å². The predicted molar refractivity (Wildman–Crippen MR) is 90.4 cm³/mol. The summed E-state index contributed by atoms with van der Waals surface area (Å²) < 4.78 is 12.1. The summed E-state index contributed by atoms with van der Waals surface area (Å²) in [6.07, 6.45) is 0. The van der Waals surface area contributed by atoms with Crippen molar-refractivity contribution in [3.63, 3.8) is 0 Å². The fourth-order valence-corrected chi connectivity index (χ4v) is 2.51. The zero-order valence-corrected chi connectivity index (χ0v) is 14.3. The number of ether oxygens (including phenoxy) is 2. The molecule has 0 aliphatic carbocycles. The van der Waals surface area contributed by atoms with Crippen LogP contribution in [0.1, 0.15) is 52.7 Å². The molecule has 1 aliphatic rings. The fraction of sp³-hybridized carbons (Fsp3) is 0.400. The molecule has 22 heavy (non-hydrogen) atoms. The Morgan fingerprint density at radius 2 is 0.909 bits per heavy atom. The SMILES string of the molecule is CC(C)(C)c1ccc2c(c1)Oc1cc(C(C)(C)C)ccc1O2. The molecule has 0 bridgehead atoms. The van der Waals surface area contributed by atoms with Crippen molar-refractivity contribution in [1.82, 2.24) is 0 Å². The van der Waals surface area contributed by atoms with Gasteiger partial charge in [-0.2, -0.15) is 0 Å². The molecule has 116 valence electrons. The van der Waals surface area contributed by atoms with E-state index in [1.54, 1.807) is 0 Å².